The Kier molecular flexibility index (Phi) is 5.87. The van der Waals surface area contributed by atoms with Crippen molar-refractivity contribution in [3.63, 3.8) is 0 Å². The van der Waals surface area contributed by atoms with Crippen molar-refractivity contribution in [3.05, 3.63) is 28.2 Å². The van der Waals surface area contributed by atoms with Crippen molar-refractivity contribution in [3.8, 4) is 0 Å². The molecule has 4 aliphatic rings. The molecular weight excluding hydrogens is 370 g/mol. The van der Waals surface area contributed by atoms with Gasteiger partial charge in [-0.05, 0) is 117 Å². The van der Waals surface area contributed by atoms with Crippen molar-refractivity contribution in [2.45, 2.75) is 98.4 Å². The third kappa shape index (κ3) is 3.45. The minimum Gasteiger partial charge on any atom is -0.295 e. The Morgan fingerprint density at radius 2 is 1.93 bits per heavy atom. The Bertz CT molecular complexity index is 763. The van der Waals surface area contributed by atoms with Crippen molar-refractivity contribution in [1.29, 1.82) is 0 Å². The topological polar surface area (TPSA) is 46.5 Å². The lowest BCUT2D eigenvalue weighted by Gasteiger charge is -2.58. The number of ketones is 1. The molecule has 0 bridgehead atoms. The lowest BCUT2D eigenvalue weighted by atomic mass is 9.46. The summed E-state index contributed by atoms with van der Waals surface area (Å²) in [6, 6.07) is -0.292. The van der Waals surface area contributed by atoms with Crippen LogP contribution in [0.25, 0.3) is 0 Å². The molecule has 3 saturated carbocycles. The van der Waals surface area contributed by atoms with Crippen molar-refractivity contribution < 1.29 is 4.79 Å². The fraction of sp³-hybridized carbons (Fsp3) is 0.815. The lowest BCUT2D eigenvalue weighted by Crippen LogP contribution is -2.53. The van der Waals surface area contributed by atoms with Gasteiger partial charge >= 0.3 is 0 Å². The zero-order chi connectivity index (χ0) is 21.7. The summed E-state index contributed by atoms with van der Waals surface area (Å²) in [7, 11) is 0. The maximum absolute atomic E-state index is 13.2. The van der Waals surface area contributed by atoms with E-state index >= 15 is 0 Å². The number of nitrogens with zero attached hydrogens (tertiary/aromatic N) is 1. The van der Waals surface area contributed by atoms with E-state index in [1.54, 1.807) is 0 Å². The number of hydrogen-bond donors (Lipinski definition) is 0. The Labute approximate surface area is 183 Å². The van der Waals surface area contributed by atoms with E-state index in [0.29, 0.717) is 35.4 Å². The van der Waals surface area contributed by atoms with Gasteiger partial charge in [0.05, 0.1) is 0 Å². The third-order valence-corrected chi connectivity index (χ3v) is 9.98. The van der Waals surface area contributed by atoms with Crippen LogP contribution in [0.15, 0.2) is 28.5 Å². The molecular formula is C27H41NO2. The molecule has 8 atom stereocenters. The molecule has 0 N–H and O–H groups in total. The predicted octanol–water partition coefficient (Wildman–Crippen LogP) is 7.26. The normalized spacial score (nSPS) is 43.7. The van der Waals surface area contributed by atoms with Gasteiger partial charge in [-0.15, -0.1) is 0 Å². The third-order valence-electron chi connectivity index (χ3n) is 9.98. The highest BCUT2D eigenvalue weighted by molar-refractivity contribution is 5.98. The Morgan fingerprint density at radius 1 is 1.17 bits per heavy atom. The SMILES string of the molecule is CC(C)=CCC[C@@H](C)[C@H]1CC[C@H]2[C@@H]3CC(=O)C4=CC(N=O)CC[C@]4(C)[C@H]3CC[C@]12C. The first-order chi connectivity index (χ1) is 14.2. The summed E-state index contributed by atoms with van der Waals surface area (Å²) in [6.07, 6.45) is 14.5. The lowest BCUT2D eigenvalue weighted by molar-refractivity contribution is -0.129. The summed E-state index contributed by atoms with van der Waals surface area (Å²) in [4.78, 5) is 24.4. The van der Waals surface area contributed by atoms with Crippen LogP contribution in [-0.4, -0.2) is 11.8 Å². The number of carbonyl (C=O) groups is 1. The van der Waals surface area contributed by atoms with Gasteiger partial charge in [-0.2, -0.15) is 4.91 Å². The standard InChI is InChI=1S/C27H41NO2/c1-17(2)7-6-8-18(3)21-9-10-22-20-16-25(29)24-15-19(28-30)11-13-27(24,5)23(20)12-14-26(21,22)4/h7,15,18-23H,6,8-14,16H2,1-5H3/t18-,19?,20+,21-,22+,23+,26-,27-/m1/s1. The molecule has 0 aromatic rings. The number of fused-ring (bicyclic) bond motifs is 5. The van der Waals surface area contributed by atoms with Crippen LogP contribution < -0.4 is 0 Å². The maximum atomic E-state index is 13.2. The van der Waals surface area contributed by atoms with Crippen LogP contribution in [-0.2, 0) is 4.79 Å². The first-order valence-corrected chi connectivity index (χ1v) is 12.4. The van der Waals surface area contributed by atoms with Gasteiger partial charge in [0.25, 0.3) is 0 Å². The van der Waals surface area contributed by atoms with Gasteiger partial charge < -0.3 is 0 Å². The molecule has 4 rings (SSSR count). The molecule has 30 heavy (non-hydrogen) atoms. The van der Waals surface area contributed by atoms with E-state index in [4.69, 9.17) is 0 Å². The minimum absolute atomic E-state index is 0.0321. The van der Waals surface area contributed by atoms with Gasteiger partial charge in [-0.25, -0.2) is 0 Å². The average molecular weight is 412 g/mol. The predicted molar refractivity (Wildman–Crippen MR) is 123 cm³/mol. The Hall–Kier alpha value is -1.25. The van der Waals surface area contributed by atoms with E-state index in [0.717, 1.165) is 30.3 Å². The highest BCUT2D eigenvalue weighted by Crippen LogP contribution is 2.67. The minimum atomic E-state index is -0.292. The number of Topliss-reactive ketones (excluding diaryl/α,β-unsaturated/α-hetero) is 1. The first kappa shape index (κ1) is 22.0. The summed E-state index contributed by atoms with van der Waals surface area (Å²) in [5.41, 5.74) is 2.74. The molecule has 4 aliphatic carbocycles. The number of nitroso groups, excluding NO2 is 1. The monoisotopic (exact) mass is 411 g/mol. The number of carbonyl (C=O) groups excluding carboxylic acids is 1. The van der Waals surface area contributed by atoms with Crippen molar-refractivity contribution in [2.75, 3.05) is 0 Å². The molecule has 0 aromatic heterocycles. The van der Waals surface area contributed by atoms with Crippen molar-refractivity contribution in [1.82, 2.24) is 0 Å². The highest BCUT2D eigenvalue weighted by Gasteiger charge is 2.61. The summed E-state index contributed by atoms with van der Waals surface area (Å²) in [5.74, 6) is 3.70. The van der Waals surface area contributed by atoms with Gasteiger partial charge in [-0.3, -0.25) is 4.79 Å². The largest absolute Gasteiger partial charge is 0.295 e. The van der Waals surface area contributed by atoms with Gasteiger partial charge in [-0.1, -0.05) is 37.6 Å². The molecule has 166 valence electrons. The molecule has 0 amide bonds. The molecule has 3 heteroatoms. The Balaban J connectivity index is 1.55. The molecule has 0 saturated heterocycles. The van der Waals surface area contributed by atoms with E-state index in [9.17, 15) is 9.70 Å². The fourth-order valence-corrected chi connectivity index (χ4v) is 8.43. The van der Waals surface area contributed by atoms with Gasteiger partial charge in [0.15, 0.2) is 5.78 Å². The van der Waals surface area contributed by atoms with E-state index < -0.39 is 0 Å². The van der Waals surface area contributed by atoms with Crippen LogP contribution in [0, 0.1) is 45.3 Å². The van der Waals surface area contributed by atoms with Crippen LogP contribution in [0.3, 0.4) is 0 Å². The molecule has 0 aromatic carbocycles. The van der Waals surface area contributed by atoms with Crippen LogP contribution in [0.5, 0.6) is 0 Å². The van der Waals surface area contributed by atoms with Crippen molar-refractivity contribution >= 4 is 5.78 Å². The second-order valence-electron chi connectivity index (χ2n) is 11.8. The highest BCUT2D eigenvalue weighted by atomic mass is 16.3. The fourth-order valence-electron chi connectivity index (χ4n) is 8.43. The molecule has 0 spiro atoms. The summed E-state index contributed by atoms with van der Waals surface area (Å²) in [5, 5.41) is 3.25. The molecule has 3 fully saturated rings. The number of hydrogen-bond acceptors (Lipinski definition) is 3. The maximum Gasteiger partial charge on any atom is 0.159 e. The van der Waals surface area contributed by atoms with Crippen LogP contribution in [0.4, 0.5) is 0 Å². The van der Waals surface area contributed by atoms with E-state index in [1.165, 1.54) is 44.1 Å². The van der Waals surface area contributed by atoms with Gasteiger partial charge in [0.1, 0.15) is 6.04 Å². The summed E-state index contributed by atoms with van der Waals surface area (Å²) < 4.78 is 0. The molecule has 0 radical (unpaired) electrons. The second kappa shape index (κ2) is 8.02. The molecule has 1 unspecified atom stereocenters. The second-order valence-corrected chi connectivity index (χ2v) is 11.8. The van der Waals surface area contributed by atoms with E-state index in [2.05, 4.69) is 45.9 Å². The average Bonchev–Trinajstić information content (AvgIpc) is 3.05. The van der Waals surface area contributed by atoms with Crippen LogP contribution in [0.1, 0.15) is 92.4 Å². The molecule has 0 heterocycles. The van der Waals surface area contributed by atoms with E-state index in [-0.39, 0.29) is 11.5 Å². The first-order valence-electron chi connectivity index (χ1n) is 12.4. The molecule has 0 aliphatic heterocycles. The zero-order valence-corrected chi connectivity index (χ0v) is 19.7. The quantitative estimate of drug-likeness (QED) is 0.353. The number of allylic oxidation sites excluding steroid dienone is 3. The van der Waals surface area contributed by atoms with Crippen molar-refractivity contribution in [2.24, 2.45) is 45.6 Å². The smallest absolute Gasteiger partial charge is 0.159 e. The van der Waals surface area contributed by atoms with Crippen LogP contribution in [0.2, 0.25) is 0 Å². The van der Waals surface area contributed by atoms with Gasteiger partial charge in [0.2, 0.25) is 0 Å². The number of rotatable bonds is 5. The summed E-state index contributed by atoms with van der Waals surface area (Å²) in [6.45, 7) is 11.8. The molecule has 3 nitrogen and oxygen atoms in total. The van der Waals surface area contributed by atoms with Crippen LogP contribution >= 0.6 is 0 Å². The van der Waals surface area contributed by atoms with E-state index in [1.807, 2.05) is 6.08 Å². The van der Waals surface area contributed by atoms with Gasteiger partial charge in [0, 0.05) is 6.42 Å². The Morgan fingerprint density at radius 3 is 2.63 bits per heavy atom. The summed E-state index contributed by atoms with van der Waals surface area (Å²) >= 11 is 0. The zero-order valence-electron chi connectivity index (χ0n) is 19.7.